The maximum Gasteiger partial charge on any atom is 0.269 e. The van der Waals surface area contributed by atoms with Gasteiger partial charge in [-0.05, 0) is 29.8 Å². The summed E-state index contributed by atoms with van der Waals surface area (Å²) in [5, 5.41) is 16.9. The number of aromatic nitrogens is 3. The largest absolute Gasteiger partial charge is 0.543 e. The number of nitrogens with zero attached hydrogens (tertiary/aromatic N) is 2. The van der Waals surface area contributed by atoms with Crippen LogP contribution in [0.5, 0.6) is 0 Å². The molecular weight excluding hydrogens is 399 g/mol. The topological polar surface area (TPSA) is 98.1 Å². The molecule has 4 aromatic rings. The number of carbonyl (C=O) groups is 1. The van der Waals surface area contributed by atoms with Crippen LogP contribution < -0.4 is 15.8 Å². The maximum atomic E-state index is 11.2. The molecule has 0 unspecified atom stereocenters. The number of halogens is 2. The zero-order chi connectivity index (χ0) is 20.1. The molecule has 142 valence electrons. The number of benzene rings is 2. The third kappa shape index (κ3) is 4.60. The van der Waals surface area contributed by atoms with Crippen molar-refractivity contribution < 1.29 is 14.9 Å². The molecule has 3 N–H and O–H groups in total. The van der Waals surface area contributed by atoms with Crippen LogP contribution >= 0.6 is 23.2 Å². The second kappa shape index (κ2) is 8.73. The summed E-state index contributed by atoms with van der Waals surface area (Å²) in [7, 11) is 0. The Balaban J connectivity index is 0.000000271. The van der Waals surface area contributed by atoms with Crippen molar-refractivity contribution in [3.8, 4) is 0 Å². The Hall–Kier alpha value is -3.09. The normalized spacial score (nSPS) is 10.4. The molecule has 2 heterocycles. The molecule has 0 aliphatic heterocycles. The summed E-state index contributed by atoms with van der Waals surface area (Å²) in [6, 6.07) is 17.8. The third-order valence-corrected chi connectivity index (χ3v) is 4.51. The van der Waals surface area contributed by atoms with Gasteiger partial charge in [0.2, 0.25) is 0 Å². The number of pyridine rings is 1. The number of para-hydroxylation sites is 1. The number of aromatic amines is 1. The molecule has 28 heavy (non-hydrogen) atoms. The molecule has 0 fully saturated rings. The zero-order valence-corrected chi connectivity index (χ0v) is 16.1. The molecular formula is C20H16Cl2N4O2. The van der Waals surface area contributed by atoms with Gasteiger partial charge in [-0.1, -0.05) is 53.5 Å². The van der Waals surface area contributed by atoms with Gasteiger partial charge in [-0.25, -0.2) is 4.98 Å². The summed E-state index contributed by atoms with van der Waals surface area (Å²) < 4.78 is 1.59. The predicted molar refractivity (Wildman–Crippen MR) is 107 cm³/mol. The molecule has 8 heteroatoms. The molecule has 0 bridgehead atoms. The standard InChI is InChI=1S/C15H10Cl2N2O2.C5H6N2/c16-10-6-5-9(12(17)7-10)8-19-13-4-2-1-3-11(13)14(18-19)15(20)21;6-5-3-1-2-4-7-5/h1-7H,8H2,(H,20,21);1-4H,(H2,6,7). The minimum atomic E-state index is -1.30. The number of hydrogen-bond acceptors (Lipinski definition) is 4. The fourth-order valence-corrected chi connectivity index (χ4v) is 3.09. The molecule has 2 aromatic heterocycles. The van der Waals surface area contributed by atoms with Gasteiger partial charge in [-0.3, -0.25) is 10.4 Å². The number of nitrogens with one attached hydrogen (secondary N) is 1. The number of aromatic carboxylic acids is 1. The molecule has 0 aliphatic carbocycles. The number of hydrogen-bond donors (Lipinski definition) is 1. The number of anilines is 1. The summed E-state index contributed by atoms with van der Waals surface area (Å²) in [6.07, 6.45) is 1.79. The van der Waals surface area contributed by atoms with Gasteiger partial charge < -0.3 is 9.90 Å². The van der Waals surface area contributed by atoms with Crippen molar-refractivity contribution in [2.45, 2.75) is 6.54 Å². The van der Waals surface area contributed by atoms with Gasteiger partial charge in [0.1, 0.15) is 5.69 Å². The van der Waals surface area contributed by atoms with Crippen LogP contribution in [0.15, 0.2) is 66.9 Å². The Morgan fingerprint density at radius 1 is 1.11 bits per heavy atom. The summed E-state index contributed by atoms with van der Waals surface area (Å²) >= 11 is 12.0. The average Bonchev–Trinajstić information content (AvgIpc) is 3.04. The Morgan fingerprint density at radius 2 is 1.86 bits per heavy atom. The molecule has 0 atom stereocenters. The number of nitrogens with two attached hydrogens (primary N) is 1. The highest BCUT2D eigenvalue weighted by molar-refractivity contribution is 6.35. The van der Waals surface area contributed by atoms with E-state index >= 15 is 0 Å². The lowest BCUT2D eigenvalue weighted by atomic mass is 10.2. The Bertz CT molecular complexity index is 1110. The first-order chi connectivity index (χ1) is 13.5. The molecule has 0 saturated heterocycles. The van der Waals surface area contributed by atoms with E-state index in [1.165, 1.54) is 0 Å². The molecule has 0 radical (unpaired) electrons. The van der Waals surface area contributed by atoms with Crippen LogP contribution in [0.25, 0.3) is 10.9 Å². The molecule has 0 spiro atoms. The third-order valence-electron chi connectivity index (χ3n) is 3.92. The first-order valence-corrected chi connectivity index (χ1v) is 9.04. The summed E-state index contributed by atoms with van der Waals surface area (Å²) in [4.78, 5) is 14.0. The predicted octanol–water partition coefficient (Wildman–Crippen LogP) is 2.84. The van der Waals surface area contributed by atoms with Gasteiger partial charge >= 0.3 is 0 Å². The lowest BCUT2D eigenvalue weighted by Crippen LogP contribution is -2.23. The number of carboxylic acid groups (broad SMARTS) is 1. The van der Waals surface area contributed by atoms with Gasteiger partial charge in [0.05, 0.1) is 24.2 Å². The summed E-state index contributed by atoms with van der Waals surface area (Å²) in [6.45, 7) is 0.351. The van der Waals surface area contributed by atoms with Crippen molar-refractivity contribution in [1.29, 1.82) is 0 Å². The number of rotatable bonds is 3. The van der Waals surface area contributed by atoms with Gasteiger partial charge in [0, 0.05) is 21.5 Å². The molecule has 4 rings (SSSR count). The molecule has 2 aromatic carbocycles. The van der Waals surface area contributed by atoms with E-state index in [0.29, 0.717) is 33.3 Å². The van der Waals surface area contributed by atoms with Crippen LogP contribution in [0.4, 0.5) is 5.82 Å². The average molecular weight is 415 g/mol. The highest BCUT2D eigenvalue weighted by Crippen LogP contribution is 2.24. The van der Waals surface area contributed by atoms with E-state index in [-0.39, 0.29) is 5.69 Å². The fourth-order valence-electron chi connectivity index (χ4n) is 2.62. The SMILES string of the molecule is Nc1cccc[nH+]1.O=C([O-])c1nn(Cc2ccc(Cl)cc2Cl)c2ccccc12. The Morgan fingerprint density at radius 3 is 2.46 bits per heavy atom. The highest BCUT2D eigenvalue weighted by atomic mass is 35.5. The number of carbonyl (C=O) groups excluding carboxylic acids is 1. The second-order valence-electron chi connectivity index (χ2n) is 5.86. The smallest absolute Gasteiger partial charge is 0.269 e. The Labute approximate surface area is 171 Å². The molecule has 0 aliphatic rings. The van der Waals surface area contributed by atoms with Crippen LogP contribution in [0.2, 0.25) is 10.0 Å². The van der Waals surface area contributed by atoms with Gasteiger partial charge in [-0.15, -0.1) is 0 Å². The zero-order valence-electron chi connectivity index (χ0n) is 14.6. The van der Waals surface area contributed by atoms with E-state index in [1.54, 1.807) is 53.3 Å². The van der Waals surface area contributed by atoms with Gasteiger partial charge in [-0.2, -0.15) is 5.10 Å². The number of fused-ring (bicyclic) bond motifs is 1. The number of H-pyrrole nitrogens is 1. The van der Waals surface area contributed by atoms with E-state index < -0.39 is 5.97 Å². The van der Waals surface area contributed by atoms with Crippen molar-refractivity contribution in [2.75, 3.05) is 5.73 Å². The van der Waals surface area contributed by atoms with E-state index in [2.05, 4.69) is 10.1 Å². The quantitative estimate of drug-likeness (QED) is 0.556. The van der Waals surface area contributed by atoms with Crippen LogP contribution in [0, 0.1) is 0 Å². The maximum absolute atomic E-state index is 11.2. The molecule has 0 amide bonds. The van der Waals surface area contributed by atoms with Crippen molar-refractivity contribution in [1.82, 2.24) is 9.78 Å². The van der Waals surface area contributed by atoms with Crippen molar-refractivity contribution >= 4 is 45.9 Å². The first-order valence-electron chi connectivity index (χ1n) is 8.28. The molecule has 6 nitrogen and oxygen atoms in total. The molecule has 0 saturated carbocycles. The van der Waals surface area contributed by atoms with Crippen LogP contribution in [-0.4, -0.2) is 15.7 Å². The van der Waals surface area contributed by atoms with Gasteiger partial charge in [0.15, 0.2) is 0 Å². The highest BCUT2D eigenvalue weighted by Gasteiger charge is 2.12. The number of nitrogen functional groups attached to an aromatic ring is 1. The van der Waals surface area contributed by atoms with Crippen molar-refractivity contribution in [2.24, 2.45) is 0 Å². The summed E-state index contributed by atoms with van der Waals surface area (Å²) in [5.41, 5.74) is 6.74. The van der Waals surface area contributed by atoms with E-state index in [4.69, 9.17) is 28.9 Å². The van der Waals surface area contributed by atoms with Crippen LogP contribution in [0.3, 0.4) is 0 Å². The minimum absolute atomic E-state index is 0.0734. The van der Waals surface area contributed by atoms with E-state index in [1.807, 2.05) is 18.2 Å². The first kappa shape index (κ1) is 19.7. The fraction of sp³-hybridized carbons (Fsp3) is 0.0500. The van der Waals surface area contributed by atoms with Gasteiger partial charge in [0.25, 0.3) is 5.82 Å². The minimum Gasteiger partial charge on any atom is -0.543 e. The number of carboxylic acids is 1. The monoisotopic (exact) mass is 414 g/mol. The lowest BCUT2D eigenvalue weighted by molar-refractivity contribution is -0.360. The van der Waals surface area contributed by atoms with Crippen LogP contribution in [-0.2, 0) is 6.54 Å². The van der Waals surface area contributed by atoms with Crippen molar-refractivity contribution in [3.63, 3.8) is 0 Å². The van der Waals surface area contributed by atoms with E-state index in [0.717, 1.165) is 5.56 Å². The second-order valence-corrected chi connectivity index (χ2v) is 6.71. The lowest BCUT2D eigenvalue weighted by Gasteiger charge is -2.06. The Kier molecular flexibility index (Phi) is 6.13. The van der Waals surface area contributed by atoms with Crippen LogP contribution in [0.1, 0.15) is 16.1 Å². The van der Waals surface area contributed by atoms with Crippen molar-refractivity contribution in [3.05, 3.63) is 88.2 Å². The van der Waals surface area contributed by atoms with E-state index in [9.17, 15) is 9.90 Å². The summed E-state index contributed by atoms with van der Waals surface area (Å²) in [5.74, 6) is -0.602.